The molecule has 1 aromatic heterocycles. The minimum Gasteiger partial charge on any atom is -0.325 e. The molecule has 0 fully saturated rings. The molecule has 1 heterocycles. The van der Waals surface area contributed by atoms with Gasteiger partial charge in [0.2, 0.25) is 5.91 Å². The lowest BCUT2D eigenvalue weighted by molar-refractivity contribution is -0.113. The van der Waals surface area contributed by atoms with Crippen LogP contribution >= 0.6 is 11.8 Å². The zero-order valence-electron chi connectivity index (χ0n) is 14.5. The van der Waals surface area contributed by atoms with Crippen molar-refractivity contribution in [2.75, 3.05) is 11.1 Å². The van der Waals surface area contributed by atoms with E-state index in [1.54, 1.807) is 19.1 Å². The summed E-state index contributed by atoms with van der Waals surface area (Å²) in [6.07, 6.45) is 0. The largest absolute Gasteiger partial charge is 0.325 e. The number of halogens is 1. The summed E-state index contributed by atoms with van der Waals surface area (Å²) in [5.41, 5.74) is 3.95. The molecule has 0 saturated carbocycles. The summed E-state index contributed by atoms with van der Waals surface area (Å²) in [4.78, 5) is 12.0. The van der Waals surface area contributed by atoms with Crippen LogP contribution in [0, 0.1) is 19.7 Å². The van der Waals surface area contributed by atoms with Gasteiger partial charge in [-0.25, -0.2) is 4.39 Å². The van der Waals surface area contributed by atoms with Crippen LogP contribution in [-0.4, -0.2) is 21.9 Å². The predicted octanol–water partition coefficient (Wildman–Crippen LogP) is 4.63. The molecule has 0 radical (unpaired) electrons. The number of thioether (sulfide) groups is 1. The Morgan fingerprint density at radius 1 is 1.04 bits per heavy atom. The van der Waals surface area contributed by atoms with Crippen molar-refractivity contribution in [1.82, 2.24) is 10.2 Å². The maximum absolute atomic E-state index is 13.5. The fourth-order valence-electron chi connectivity index (χ4n) is 2.41. The number of benzene rings is 2. The van der Waals surface area contributed by atoms with Gasteiger partial charge in [-0.1, -0.05) is 42.1 Å². The van der Waals surface area contributed by atoms with Crippen molar-refractivity contribution < 1.29 is 9.18 Å². The fraction of sp³-hybridized carbons (Fsp3) is 0.150. The van der Waals surface area contributed by atoms with Crippen LogP contribution in [-0.2, 0) is 4.79 Å². The monoisotopic (exact) mass is 367 g/mol. The second kappa shape index (κ2) is 8.10. The number of aryl methyl sites for hydroxylation is 2. The maximum atomic E-state index is 13.5. The number of carbonyl (C=O) groups excluding carboxylic acids is 1. The lowest BCUT2D eigenvalue weighted by Gasteiger charge is -2.07. The third-order valence-electron chi connectivity index (χ3n) is 3.87. The Balaban J connectivity index is 1.58. The summed E-state index contributed by atoms with van der Waals surface area (Å²) in [7, 11) is 0. The van der Waals surface area contributed by atoms with E-state index in [2.05, 4.69) is 15.5 Å². The average molecular weight is 367 g/mol. The highest BCUT2D eigenvalue weighted by Crippen LogP contribution is 2.22. The topological polar surface area (TPSA) is 54.9 Å². The molecule has 0 unspecified atom stereocenters. The Morgan fingerprint density at radius 2 is 1.85 bits per heavy atom. The van der Waals surface area contributed by atoms with E-state index in [0.717, 1.165) is 16.8 Å². The van der Waals surface area contributed by atoms with E-state index in [9.17, 15) is 9.18 Å². The van der Waals surface area contributed by atoms with Gasteiger partial charge >= 0.3 is 0 Å². The Bertz CT molecular complexity index is 929. The zero-order valence-corrected chi connectivity index (χ0v) is 15.3. The molecule has 2 aromatic carbocycles. The van der Waals surface area contributed by atoms with E-state index in [0.29, 0.717) is 16.3 Å². The van der Waals surface area contributed by atoms with Crippen LogP contribution in [0.4, 0.5) is 10.1 Å². The first-order chi connectivity index (χ1) is 12.5. The molecule has 3 rings (SSSR count). The number of rotatable bonds is 5. The summed E-state index contributed by atoms with van der Waals surface area (Å²) in [6.45, 7) is 3.70. The van der Waals surface area contributed by atoms with Crippen LogP contribution in [0.15, 0.2) is 59.6 Å². The van der Waals surface area contributed by atoms with Crippen molar-refractivity contribution in [3.63, 3.8) is 0 Å². The molecular weight excluding hydrogens is 349 g/mol. The van der Waals surface area contributed by atoms with Gasteiger partial charge in [-0.05, 0) is 49.2 Å². The molecule has 1 amide bonds. The number of nitrogens with one attached hydrogen (secondary N) is 1. The molecule has 3 aromatic rings. The summed E-state index contributed by atoms with van der Waals surface area (Å²) < 4.78 is 13.5. The molecule has 1 N–H and O–H groups in total. The average Bonchev–Trinajstić information content (AvgIpc) is 2.64. The highest BCUT2D eigenvalue weighted by molar-refractivity contribution is 7.99. The van der Waals surface area contributed by atoms with Crippen LogP contribution in [0.1, 0.15) is 11.1 Å². The first-order valence-corrected chi connectivity index (χ1v) is 9.10. The van der Waals surface area contributed by atoms with E-state index in [-0.39, 0.29) is 17.5 Å². The van der Waals surface area contributed by atoms with Gasteiger partial charge in [0, 0.05) is 11.3 Å². The van der Waals surface area contributed by atoms with Gasteiger partial charge in [0.25, 0.3) is 0 Å². The van der Waals surface area contributed by atoms with Gasteiger partial charge in [0.1, 0.15) is 10.8 Å². The van der Waals surface area contributed by atoms with Gasteiger partial charge in [0.15, 0.2) is 0 Å². The van der Waals surface area contributed by atoms with Crippen molar-refractivity contribution in [1.29, 1.82) is 0 Å². The number of carbonyl (C=O) groups is 1. The van der Waals surface area contributed by atoms with Crippen LogP contribution in [0.2, 0.25) is 0 Å². The molecule has 0 aliphatic carbocycles. The minimum atomic E-state index is -0.340. The van der Waals surface area contributed by atoms with Crippen molar-refractivity contribution in [2.24, 2.45) is 0 Å². The first kappa shape index (κ1) is 18.1. The standard InChI is InChI=1S/C20H18FN3OS/c1-13-5-3-4-6-16(13)18-9-10-20(24-23-18)26-12-19(25)22-15-8-7-14(2)17(21)11-15/h3-11H,12H2,1-2H3,(H,22,25). The van der Waals surface area contributed by atoms with Gasteiger partial charge in [-0.2, -0.15) is 0 Å². The second-order valence-corrected chi connectivity index (χ2v) is 6.87. The first-order valence-electron chi connectivity index (χ1n) is 8.11. The molecule has 132 valence electrons. The van der Waals surface area contributed by atoms with E-state index in [4.69, 9.17) is 0 Å². The van der Waals surface area contributed by atoms with E-state index in [1.165, 1.54) is 17.8 Å². The van der Waals surface area contributed by atoms with E-state index >= 15 is 0 Å². The molecule has 0 bridgehead atoms. The highest BCUT2D eigenvalue weighted by Gasteiger charge is 2.08. The number of anilines is 1. The molecule has 4 nitrogen and oxygen atoms in total. The zero-order chi connectivity index (χ0) is 18.5. The molecule has 0 spiro atoms. The fourth-order valence-corrected chi connectivity index (χ4v) is 3.02. The van der Waals surface area contributed by atoms with Crippen molar-refractivity contribution in [3.05, 3.63) is 71.5 Å². The Morgan fingerprint density at radius 3 is 2.54 bits per heavy atom. The summed E-state index contributed by atoms with van der Waals surface area (Å²) in [5, 5.41) is 11.8. The third kappa shape index (κ3) is 4.46. The molecule has 0 saturated heterocycles. The Labute approximate surface area is 155 Å². The van der Waals surface area contributed by atoms with Crippen LogP contribution in [0.25, 0.3) is 11.3 Å². The van der Waals surface area contributed by atoms with Crippen molar-refractivity contribution in [3.8, 4) is 11.3 Å². The Kier molecular flexibility index (Phi) is 5.63. The summed E-state index contributed by atoms with van der Waals surface area (Å²) in [5.74, 6) is -0.385. The normalized spacial score (nSPS) is 10.6. The molecule has 0 atom stereocenters. The second-order valence-electron chi connectivity index (χ2n) is 5.87. The lowest BCUT2D eigenvalue weighted by atomic mass is 10.1. The van der Waals surface area contributed by atoms with Crippen molar-refractivity contribution in [2.45, 2.75) is 18.9 Å². The van der Waals surface area contributed by atoms with Gasteiger partial charge < -0.3 is 5.32 Å². The third-order valence-corrected chi connectivity index (χ3v) is 4.79. The molecular formula is C20H18FN3OS. The summed E-state index contributed by atoms with van der Waals surface area (Å²) in [6, 6.07) is 16.3. The van der Waals surface area contributed by atoms with Crippen LogP contribution in [0.3, 0.4) is 0 Å². The lowest BCUT2D eigenvalue weighted by Crippen LogP contribution is -2.14. The number of aromatic nitrogens is 2. The molecule has 26 heavy (non-hydrogen) atoms. The molecule has 0 aliphatic rings. The summed E-state index contributed by atoms with van der Waals surface area (Å²) >= 11 is 1.28. The van der Waals surface area contributed by atoms with E-state index < -0.39 is 0 Å². The molecule has 6 heteroatoms. The van der Waals surface area contributed by atoms with Gasteiger partial charge in [-0.15, -0.1) is 10.2 Å². The quantitative estimate of drug-likeness (QED) is 0.668. The number of hydrogen-bond donors (Lipinski definition) is 1. The van der Waals surface area contributed by atoms with Gasteiger partial charge in [-0.3, -0.25) is 4.79 Å². The number of hydrogen-bond acceptors (Lipinski definition) is 4. The highest BCUT2D eigenvalue weighted by atomic mass is 32.2. The van der Waals surface area contributed by atoms with E-state index in [1.807, 2.05) is 43.3 Å². The van der Waals surface area contributed by atoms with Crippen LogP contribution in [0.5, 0.6) is 0 Å². The maximum Gasteiger partial charge on any atom is 0.234 e. The molecule has 0 aliphatic heterocycles. The smallest absolute Gasteiger partial charge is 0.234 e. The number of amides is 1. The minimum absolute atomic E-state index is 0.174. The SMILES string of the molecule is Cc1ccc(NC(=O)CSc2ccc(-c3ccccc3C)nn2)cc1F. The van der Waals surface area contributed by atoms with Gasteiger partial charge in [0.05, 0.1) is 11.4 Å². The Hall–Kier alpha value is -2.73. The predicted molar refractivity (Wildman–Crippen MR) is 103 cm³/mol. The van der Waals surface area contributed by atoms with Crippen LogP contribution < -0.4 is 5.32 Å². The number of nitrogens with zero attached hydrogens (tertiary/aromatic N) is 2. The van der Waals surface area contributed by atoms with Crippen molar-refractivity contribution >= 4 is 23.4 Å².